The largest absolute Gasteiger partial charge is 0.351 e. The van der Waals surface area contributed by atoms with Crippen molar-refractivity contribution in [1.29, 1.82) is 0 Å². The number of rotatable bonds is 5. The molecule has 26 heavy (non-hydrogen) atoms. The molecular formula is C15H20N4O6S. The van der Waals surface area contributed by atoms with Gasteiger partial charge in [-0.05, 0) is 30.2 Å². The van der Waals surface area contributed by atoms with Crippen LogP contribution in [-0.4, -0.2) is 45.6 Å². The molecule has 0 aliphatic rings. The molecule has 4 amide bonds. The zero-order valence-electron chi connectivity index (χ0n) is 14.5. The van der Waals surface area contributed by atoms with E-state index in [4.69, 9.17) is 0 Å². The Labute approximate surface area is 150 Å². The van der Waals surface area contributed by atoms with Gasteiger partial charge in [-0.15, -0.1) is 0 Å². The lowest BCUT2D eigenvalue weighted by Crippen LogP contribution is -2.41. The molecule has 0 atom stereocenters. The first-order valence-corrected chi connectivity index (χ1v) is 9.03. The highest BCUT2D eigenvalue weighted by molar-refractivity contribution is 7.90. The minimum absolute atomic E-state index is 0.182. The molecule has 0 saturated carbocycles. The molecule has 0 radical (unpaired) electrons. The summed E-state index contributed by atoms with van der Waals surface area (Å²) >= 11 is 0. The fourth-order valence-corrected chi connectivity index (χ4v) is 2.57. The van der Waals surface area contributed by atoms with Crippen LogP contribution in [0.5, 0.6) is 0 Å². The lowest BCUT2D eigenvalue weighted by atomic mass is 10.2. The third kappa shape index (κ3) is 6.16. The summed E-state index contributed by atoms with van der Waals surface area (Å²) in [6.45, 7) is 4.09. The summed E-state index contributed by atoms with van der Waals surface area (Å²) in [5, 5.41) is 6.75. The summed E-state index contributed by atoms with van der Waals surface area (Å²) in [6, 6.07) is 4.71. The van der Waals surface area contributed by atoms with Gasteiger partial charge in [0.25, 0.3) is 10.0 Å². The van der Waals surface area contributed by atoms with Gasteiger partial charge in [0.15, 0.2) is 0 Å². The zero-order valence-corrected chi connectivity index (χ0v) is 15.3. The van der Waals surface area contributed by atoms with E-state index >= 15 is 0 Å². The maximum atomic E-state index is 12.0. The van der Waals surface area contributed by atoms with E-state index in [1.54, 1.807) is 4.72 Å². The molecule has 0 saturated heterocycles. The molecule has 0 unspecified atom stereocenters. The van der Waals surface area contributed by atoms with Crippen LogP contribution in [0, 0.1) is 5.92 Å². The highest BCUT2D eigenvalue weighted by Crippen LogP contribution is 2.14. The van der Waals surface area contributed by atoms with Crippen LogP contribution in [0.2, 0.25) is 0 Å². The number of likely N-dealkylation sites (N-methyl/N-ethyl adjacent to an activating group) is 1. The monoisotopic (exact) mass is 384 g/mol. The van der Waals surface area contributed by atoms with Gasteiger partial charge in [0, 0.05) is 19.3 Å². The van der Waals surface area contributed by atoms with Crippen molar-refractivity contribution >= 4 is 39.3 Å². The maximum Gasteiger partial charge on any atom is 0.322 e. The van der Waals surface area contributed by atoms with E-state index in [0.717, 1.165) is 12.1 Å². The molecule has 0 aliphatic heterocycles. The number of anilines is 1. The molecule has 1 aromatic carbocycles. The van der Waals surface area contributed by atoms with E-state index in [-0.39, 0.29) is 16.5 Å². The predicted octanol–water partition coefficient (Wildman–Crippen LogP) is -1.05. The summed E-state index contributed by atoms with van der Waals surface area (Å²) < 4.78 is 25.6. The van der Waals surface area contributed by atoms with Gasteiger partial charge in [-0.3, -0.25) is 19.2 Å². The van der Waals surface area contributed by atoms with E-state index in [9.17, 15) is 27.6 Å². The summed E-state index contributed by atoms with van der Waals surface area (Å²) in [6.07, 6.45) is 0. The molecule has 1 rings (SSSR count). The van der Waals surface area contributed by atoms with Crippen LogP contribution in [0.25, 0.3) is 0 Å². The molecule has 10 nitrogen and oxygen atoms in total. The predicted molar refractivity (Wildman–Crippen MR) is 92.3 cm³/mol. The Hall–Kier alpha value is -2.95. The van der Waals surface area contributed by atoms with Crippen LogP contribution >= 0.6 is 0 Å². The second-order valence-electron chi connectivity index (χ2n) is 5.60. The highest BCUT2D eigenvalue weighted by Gasteiger charge is 2.22. The lowest BCUT2D eigenvalue weighted by Gasteiger charge is -2.09. The first-order chi connectivity index (χ1) is 12.1. The summed E-state index contributed by atoms with van der Waals surface area (Å²) in [4.78, 5) is 45.4. The normalized spacial score (nSPS) is 10.8. The van der Waals surface area contributed by atoms with E-state index < -0.39 is 33.7 Å². The minimum Gasteiger partial charge on any atom is -0.351 e. The van der Waals surface area contributed by atoms with Gasteiger partial charge in [0.2, 0.25) is 0 Å². The van der Waals surface area contributed by atoms with E-state index in [1.165, 1.54) is 19.2 Å². The number of hydrogen-bond donors (Lipinski definition) is 4. The number of carbonyl (C=O) groups is 4. The van der Waals surface area contributed by atoms with Crippen LogP contribution in [0.3, 0.4) is 0 Å². The zero-order chi connectivity index (χ0) is 19.9. The first-order valence-electron chi connectivity index (χ1n) is 7.55. The minimum atomic E-state index is -4.25. The quantitative estimate of drug-likeness (QED) is 0.476. The molecule has 0 aliphatic carbocycles. The first kappa shape index (κ1) is 21.1. The topological polar surface area (TPSA) is 151 Å². The van der Waals surface area contributed by atoms with E-state index in [0.29, 0.717) is 6.54 Å². The van der Waals surface area contributed by atoms with Crippen LogP contribution in [-0.2, 0) is 29.2 Å². The third-order valence-electron chi connectivity index (χ3n) is 2.96. The van der Waals surface area contributed by atoms with Gasteiger partial charge in [-0.2, -0.15) is 0 Å². The second kappa shape index (κ2) is 8.94. The molecule has 142 valence electrons. The van der Waals surface area contributed by atoms with E-state index in [2.05, 4.69) is 10.6 Å². The summed E-state index contributed by atoms with van der Waals surface area (Å²) in [5.74, 6) is -3.96. The van der Waals surface area contributed by atoms with Gasteiger partial charge in [-0.1, -0.05) is 13.8 Å². The number of sulfonamides is 1. The van der Waals surface area contributed by atoms with Crippen LogP contribution in [0.4, 0.5) is 5.69 Å². The lowest BCUT2D eigenvalue weighted by molar-refractivity contribution is -0.137. The smallest absolute Gasteiger partial charge is 0.322 e. The molecule has 4 N–H and O–H groups in total. The fourth-order valence-electron chi connectivity index (χ4n) is 1.62. The molecular weight excluding hydrogens is 364 g/mol. The Morgan fingerprint density at radius 1 is 0.923 bits per heavy atom. The Bertz CT molecular complexity index is 802. The van der Waals surface area contributed by atoms with Crippen molar-refractivity contribution in [3.63, 3.8) is 0 Å². The van der Waals surface area contributed by atoms with Crippen molar-refractivity contribution in [2.24, 2.45) is 5.92 Å². The van der Waals surface area contributed by atoms with Crippen LogP contribution in [0.1, 0.15) is 13.8 Å². The second-order valence-corrected chi connectivity index (χ2v) is 7.28. The molecule has 0 bridgehead atoms. The number of benzene rings is 1. The maximum absolute atomic E-state index is 12.0. The van der Waals surface area contributed by atoms with Crippen LogP contribution in [0.15, 0.2) is 29.2 Å². The standard InChI is InChI=1S/C15H20N4O6S/c1-9(2)8-17-13(21)14(22)18-10-4-6-11(7-5-10)26(24,25)19-15(23)12(20)16-3/h4-7,9H,8H2,1-3H3,(H,16,20)(H,17,21)(H,18,22)(H,19,23). The van der Waals surface area contributed by atoms with E-state index in [1.807, 2.05) is 19.2 Å². The number of hydrogen-bond acceptors (Lipinski definition) is 6. The van der Waals surface area contributed by atoms with Gasteiger partial charge >= 0.3 is 23.6 Å². The molecule has 0 aromatic heterocycles. The van der Waals surface area contributed by atoms with Gasteiger partial charge < -0.3 is 16.0 Å². The summed E-state index contributed by atoms with van der Waals surface area (Å²) in [5.41, 5.74) is 0.186. The van der Waals surface area contributed by atoms with Gasteiger partial charge in [-0.25, -0.2) is 13.1 Å². The SMILES string of the molecule is CNC(=O)C(=O)NS(=O)(=O)c1ccc(NC(=O)C(=O)NCC(C)C)cc1. The van der Waals surface area contributed by atoms with Crippen molar-refractivity contribution in [2.45, 2.75) is 18.7 Å². The van der Waals surface area contributed by atoms with Crippen molar-refractivity contribution < 1.29 is 27.6 Å². The van der Waals surface area contributed by atoms with Gasteiger partial charge in [0.05, 0.1) is 4.90 Å². The highest BCUT2D eigenvalue weighted by atomic mass is 32.2. The number of amides is 4. The average molecular weight is 384 g/mol. The van der Waals surface area contributed by atoms with Crippen molar-refractivity contribution in [3.8, 4) is 0 Å². The Morgan fingerprint density at radius 2 is 1.50 bits per heavy atom. The number of carbonyl (C=O) groups excluding carboxylic acids is 4. The van der Waals surface area contributed by atoms with Gasteiger partial charge in [0.1, 0.15) is 0 Å². The van der Waals surface area contributed by atoms with Crippen molar-refractivity contribution in [3.05, 3.63) is 24.3 Å². The molecule has 0 spiro atoms. The third-order valence-corrected chi connectivity index (χ3v) is 4.31. The molecule has 0 heterocycles. The van der Waals surface area contributed by atoms with Crippen molar-refractivity contribution in [1.82, 2.24) is 15.4 Å². The average Bonchev–Trinajstić information content (AvgIpc) is 2.58. The van der Waals surface area contributed by atoms with Crippen LogP contribution < -0.4 is 20.7 Å². The Kier molecular flexibility index (Phi) is 7.26. The Morgan fingerprint density at radius 3 is 2.00 bits per heavy atom. The Balaban J connectivity index is 2.76. The molecule has 0 fully saturated rings. The summed E-state index contributed by atoms with van der Waals surface area (Å²) in [7, 11) is -3.06. The van der Waals surface area contributed by atoms with Crippen molar-refractivity contribution in [2.75, 3.05) is 18.9 Å². The molecule has 11 heteroatoms. The molecule has 1 aromatic rings. The fraction of sp³-hybridized carbons (Fsp3) is 0.333. The number of nitrogens with one attached hydrogen (secondary N) is 4.